The molecule has 9 nitrogen and oxygen atoms in total. The number of alkyl halides is 2. The van der Waals surface area contributed by atoms with Crippen molar-refractivity contribution in [2.24, 2.45) is 0 Å². The molecule has 2 aromatic carbocycles. The lowest BCUT2D eigenvalue weighted by Crippen LogP contribution is -2.27. The lowest BCUT2D eigenvalue weighted by atomic mass is 9.99. The minimum atomic E-state index is -3.76. The van der Waals surface area contributed by atoms with Gasteiger partial charge in [0.2, 0.25) is 11.6 Å². The van der Waals surface area contributed by atoms with Crippen LogP contribution >= 0.6 is 23.2 Å². The highest BCUT2D eigenvalue weighted by atomic mass is 35.5. The number of aromatic nitrogens is 3. The predicted octanol–water partition coefficient (Wildman–Crippen LogP) is 4.92. The molecule has 0 spiro atoms. The Balaban J connectivity index is 1.98. The maximum atomic E-state index is 15.2. The third kappa shape index (κ3) is 4.86. The van der Waals surface area contributed by atoms with E-state index in [1.165, 1.54) is 25.3 Å². The van der Waals surface area contributed by atoms with Crippen LogP contribution in [-0.4, -0.2) is 40.4 Å². The van der Waals surface area contributed by atoms with Crippen LogP contribution in [0.25, 0.3) is 5.69 Å². The highest BCUT2D eigenvalue weighted by Gasteiger charge is 2.44. The molecule has 1 aliphatic heterocycles. The summed E-state index contributed by atoms with van der Waals surface area (Å²) in [7, 11) is 1.43. The maximum Gasteiger partial charge on any atom is 0.340 e. The number of hydrogen-bond acceptors (Lipinski definition) is 8. The van der Waals surface area contributed by atoms with Gasteiger partial charge in [-0.25, -0.2) is 0 Å². The number of hydrogen-bond donors (Lipinski definition) is 0. The van der Waals surface area contributed by atoms with Crippen LogP contribution in [0.5, 0.6) is 5.75 Å². The molecule has 0 N–H and O–H groups in total. The lowest BCUT2D eigenvalue weighted by Gasteiger charge is -2.23. The fourth-order valence-electron chi connectivity index (χ4n) is 3.74. The number of rotatable bonds is 6. The molecule has 0 bridgehead atoms. The summed E-state index contributed by atoms with van der Waals surface area (Å²) in [6, 6.07) is 9.40. The molecular formula is C23H19Cl2F2N3O6. The summed E-state index contributed by atoms with van der Waals surface area (Å²) in [5, 5.41) is 7.95. The molecule has 4 rings (SSSR count). The van der Waals surface area contributed by atoms with Gasteiger partial charge in [0.05, 0.1) is 17.8 Å². The van der Waals surface area contributed by atoms with Crippen molar-refractivity contribution in [1.29, 1.82) is 0 Å². The van der Waals surface area contributed by atoms with Crippen molar-refractivity contribution in [3.8, 4) is 11.4 Å². The zero-order valence-electron chi connectivity index (χ0n) is 19.1. The van der Waals surface area contributed by atoms with Gasteiger partial charge in [0.15, 0.2) is 6.61 Å². The third-order valence-corrected chi connectivity index (χ3v) is 5.86. The SMILES string of the molecule is COc1cccc([C@H]2O[C@H](OC(C)=O)c3nnc(C(F)(F)COC(C)=O)n3-c3ccc(Cl)cc32)c1Cl. The Labute approximate surface area is 213 Å². The number of ether oxygens (including phenoxy) is 4. The summed E-state index contributed by atoms with van der Waals surface area (Å²) < 4.78 is 52.7. The monoisotopic (exact) mass is 541 g/mol. The Morgan fingerprint density at radius 3 is 2.53 bits per heavy atom. The van der Waals surface area contributed by atoms with E-state index < -0.39 is 42.7 Å². The largest absolute Gasteiger partial charge is 0.495 e. The van der Waals surface area contributed by atoms with Crippen LogP contribution < -0.4 is 4.74 Å². The fourth-order valence-corrected chi connectivity index (χ4v) is 4.22. The van der Waals surface area contributed by atoms with Crippen molar-refractivity contribution in [1.82, 2.24) is 14.8 Å². The molecule has 3 aromatic rings. The van der Waals surface area contributed by atoms with E-state index in [1.54, 1.807) is 18.2 Å². The first-order valence-electron chi connectivity index (χ1n) is 10.5. The van der Waals surface area contributed by atoms with Gasteiger partial charge in [-0.3, -0.25) is 14.2 Å². The van der Waals surface area contributed by atoms with Gasteiger partial charge in [0.25, 0.3) is 6.29 Å². The molecule has 0 fully saturated rings. The molecule has 0 radical (unpaired) electrons. The van der Waals surface area contributed by atoms with E-state index >= 15 is 8.78 Å². The fraction of sp³-hybridized carbons (Fsp3) is 0.304. The molecule has 0 saturated heterocycles. The smallest absolute Gasteiger partial charge is 0.340 e. The molecule has 2 heterocycles. The Bertz CT molecular complexity index is 1330. The van der Waals surface area contributed by atoms with Crippen LogP contribution in [0.15, 0.2) is 36.4 Å². The first-order chi connectivity index (χ1) is 17.0. The van der Waals surface area contributed by atoms with E-state index in [0.29, 0.717) is 16.9 Å². The Kier molecular flexibility index (Phi) is 7.17. The van der Waals surface area contributed by atoms with Crippen molar-refractivity contribution in [2.45, 2.75) is 32.2 Å². The lowest BCUT2D eigenvalue weighted by molar-refractivity contribution is -0.188. The zero-order valence-corrected chi connectivity index (χ0v) is 20.6. The summed E-state index contributed by atoms with van der Waals surface area (Å²) in [5.41, 5.74) is 0.858. The van der Waals surface area contributed by atoms with Crippen LogP contribution in [0.3, 0.4) is 0 Å². The molecule has 190 valence electrons. The number of fused-ring (bicyclic) bond motifs is 3. The summed E-state index contributed by atoms with van der Waals surface area (Å²) in [4.78, 5) is 23.1. The average molecular weight is 542 g/mol. The minimum absolute atomic E-state index is 0.162. The Morgan fingerprint density at radius 1 is 1.11 bits per heavy atom. The van der Waals surface area contributed by atoms with E-state index in [-0.39, 0.29) is 21.6 Å². The molecule has 13 heteroatoms. The van der Waals surface area contributed by atoms with Gasteiger partial charge in [-0.2, -0.15) is 8.78 Å². The van der Waals surface area contributed by atoms with Gasteiger partial charge in [-0.15, -0.1) is 10.2 Å². The second kappa shape index (κ2) is 10.00. The molecule has 0 unspecified atom stereocenters. The van der Waals surface area contributed by atoms with E-state index in [9.17, 15) is 9.59 Å². The number of esters is 2. The second-order valence-corrected chi connectivity index (χ2v) is 8.54. The van der Waals surface area contributed by atoms with Gasteiger partial charge >= 0.3 is 17.9 Å². The highest BCUT2D eigenvalue weighted by molar-refractivity contribution is 6.33. The second-order valence-electron chi connectivity index (χ2n) is 7.73. The molecular weight excluding hydrogens is 523 g/mol. The Hall–Kier alpha value is -3.28. The summed E-state index contributed by atoms with van der Waals surface area (Å²) in [6.45, 7) is 0.848. The summed E-state index contributed by atoms with van der Waals surface area (Å²) in [5.74, 6) is -6.19. The van der Waals surface area contributed by atoms with Gasteiger partial charge in [0.1, 0.15) is 11.9 Å². The molecule has 0 aliphatic carbocycles. The number of benzene rings is 2. The number of methoxy groups -OCH3 is 1. The third-order valence-electron chi connectivity index (χ3n) is 5.22. The highest BCUT2D eigenvalue weighted by Crippen LogP contribution is 2.45. The summed E-state index contributed by atoms with van der Waals surface area (Å²) >= 11 is 12.8. The van der Waals surface area contributed by atoms with Crippen LogP contribution in [-0.2, 0) is 29.7 Å². The topological polar surface area (TPSA) is 102 Å². The van der Waals surface area contributed by atoms with E-state index in [1.807, 2.05) is 0 Å². The first kappa shape index (κ1) is 25.8. The van der Waals surface area contributed by atoms with Crippen molar-refractivity contribution in [3.63, 3.8) is 0 Å². The van der Waals surface area contributed by atoms with Gasteiger partial charge < -0.3 is 18.9 Å². The minimum Gasteiger partial charge on any atom is -0.495 e. The molecule has 36 heavy (non-hydrogen) atoms. The van der Waals surface area contributed by atoms with Crippen LogP contribution in [0.1, 0.15) is 49.0 Å². The molecule has 0 amide bonds. The van der Waals surface area contributed by atoms with Crippen LogP contribution in [0.4, 0.5) is 8.78 Å². The molecule has 2 atom stereocenters. The normalized spacial score (nSPS) is 17.0. The molecule has 1 aliphatic rings. The summed E-state index contributed by atoms with van der Waals surface area (Å²) in [6.07, 6.45) is -2.62. The quantitative estimate of drug-likeness (QED) is 0.405. The average Bonchev–Trinajstić information content (AvgIpc) is 3.22. The number of halogens is 4. The van der Waals surface area contributed by atoms with Gasteiger partial charge in [0, 0.05) is 30.0 Å². The van der Waals surface area contributed by atoms with Gasteiger partial charge in [-0.1, -0.05) is 35.3 Å². The van der Waals surface area contributed by atoms with E-state index in [4.69, 9.17) is 37.4 Å². The standard InChI is InChI=1S/C23H19Cl2F2N3O6/c1-11(31)34-10-23(26,27)22-29-28-20-21(35-12(2)32)36-19(14-5-4-6-17(33-3)18(14)25)15-9-13(24)7-8-16(15)30(20)22/h4-9,19,21H,10H2,1-3H3/t19-,21+/m1/s1. The van der Waals surface area contributed by atoms with Crippen molar-refractivity contribution in [3.05, 3.63) is 69.2 Å². The maximum absolute atomic E-state index is 15.2. The van der Waals surface area contributed by atoms with E-state index in [2.05, 4.69) is 14.9 Å². The van der Waals surface area contributed by atoms with Crippen LogP contribution in [0, 0.1) is 0 Å². The number of carbonyl (C=O) groups excluding carboxylic acids is 2. The number of nitrogens with zero attached hydrogens (tertiary/aromatic N) is 3. The zero-order chi connectivity index (χ0) is 26.2. The molecule has 0 saturated carbocycles. The number of carbonyl (C=O) groups is 2. The van der Waals surface area contributed by atoms with Crippen molar-refractivity contribution in [2.75, 3.05) is 13.7 Å². The van der Waals surface area contributed by atoms with Crippen LogP contribution in [0.2, 0.25) is 10.0 Å². The Morgan fingerprint density at radius 2 is 1.86 bits per heavy atom. The van der Waals surface area contributed by atoms with Crippen molar-refractivity contribution < 1.29 is 37.3 Å². The van der Waals surface area contributed by atoms with E-state index in [0.717, 1.165) is 18.4 Å². The molecule has 1 aromatic heterocycles. The predicted molar refractivity (Wildman–Crippen MR) is 122 cm³/mol. The first-order valence-corrected chi connectivity index (χ1v) is 11.2. The van der Waals surface area contributed by atoms with Crippen molar-refractivity contribution >= 4 is 35.1 Å². The van der Waals surface area contributed by atoms with Gasteiger partial charge in [-0.05, 0) is 24.3 Å².